The van der Waals surface area contributed by atoms with Crippen LogP contribution in [0.5, 0.6) is 0 Å². The van der Waals surface area contributed by atoms with E-state index in [0.29, 0.717) is 23.3 Å². The van der Waals surface area contributed by atoms with Gasteiger partial charge in [-0.1, -0.05) is 82.6 Å². The van der Waals surface area contributed by atoms with Crippen LogP contribution in [-0.2, 0) is 0 Å². The Kier molecular flexibility index (Phi) is 8.31. The van der Waals surface area contributed by atoms with Gasteiger partial charge in [-0.2, -0.15) is 0 Å². The zero-order valence-electron chi connectivity index (χ0n) is 13.7. The topological polar surface area (TPSA) is 24.1 Å². The Morgan fingerprint density at radius 3 is 2.29 bits per heavy atom. The Hall–Kier alpha value is 0.480. The fraction of sp³-hybridized carbons (Fsp3) is 0.867. The standard InChI is InChI=1S/C15H28N2S4/c1-6-20-13(18)16-9-11-12(17-14(19)21-7-2)10(3)8-15(11,4)5/h10-12H,6-9H2,1-5H3,(H,16,18)(H,17,19). The summed E-state index contributed by atoms with van der Waals surface area (Å²) in [7, 11) is 0. The maximum absolute atomic E-state index is 5.45. The Morgan fingerprint density at radius 2 is 1.71 bits per heavy atom. The summed E-state index contributed by atoms with van der Waals surface area (Å²) in [5, 5.41) is 7.04. The molecule has 1 rings (SSSR count). The number of nitrogens with one attached hydrogen (secondary N) is 2. The van der Waals surface area contributed by atoms with Gasteiger partial charge in [0, 0.05) is 18.5 Å². The SMILES string of the molecule is CCSC(=S)NCC1C(NC(=S)SCC)C(C)CC1(C)C. The van der Waals surface area contributed by atoms with Crippen LogP contribution in [-0.4, -0.2) is 32.7 Å². The van der Waals surface area contributed by atoms with E-state index in [0.717, 1.165) is 26.7 Å². The average molecular weight is 365 g/mol. The van der Waals surface area contributed by atoms with Gasteiger partial charge in [-0.25, -0.2) is 0 Å². The van der Waals surface area contributed by atoms with Gasteiger partial charge in [0.1, 0.15) is 8.64 Å². The van der Waals surface area contributed by atoms with Crippen molar-refractivity contribution in [3.63, 3.8) is 0 Å². The quantitative estimate of drug-likeness (QED) is 0.706. The van der Waals surface area contributed by atoms with Crippen molar-refractivity contribution in [3.8, 4) is 0 Å². The molecular weight excluding hydrogens is 336 g/mol. The zero-order chi connectivity index (χ0) is 16.0. The Labute approximate surface area is 149 Å². The molecule has 122 valence electrons. The summed E-state index contributed by atoms with van der Waals surface area (Å²) >= 11 is 14.2. The molecule has 1 fully saturated rings. The highest BCUT2D eigenvalue weighted by Gasteiger charge is 2.46. The van der Waals surface area contributed by atoms with Crippen LogP contribution < -0.4 is 10.6 Å². The number of rotatable bonds is 5. The van der Waals surface area contributed by atoms with E-state index in [1.54, 1.807) is 23.5 Å². The normalized spacial score (nSPS) is 27.4. The molecule has 1 saturated carbocycles. The first kappa shape index (κ1) is 19.5. The molecule has 0 radical (unpaired) electrons. The van der Waals surface area contributed by atoms with Gasteiger partial charge in [0.15, 0.2) is 0 Å². The summed E-state index contributed by atoms with van der Waals surface area (Å²) in [6, 6.07) is 0.438. The summed E-state index contributed by atoms with van der Waals surface area (Å²) in [4.78, 5) is 0. The maximum Gasteiger partial charge on any atom is 0.133 e. The zero-order valence-corrected chi connectivity index (χ0v) is 17.0. The molecule has 0 heterocycles. The molecule has 0 amide bonds. The highest BCUT2D eigenvalue weighted by molar-refractivity contribution is 8.23. The largest absolute Gasteiger partial charge is 0.371 e. The van der Waals surface area contributed by atoms with Crippen LogP contribution in [0.4, 0.5) is 0 Å². The second-order valence-electron chi connectivity index (χ2n) is 6.27. The lowest BCUT2D eigenvalue weighted by atomic mass is 9.80. The third-order valence-corrected chi connectivity index (χ3v) is 6.53. The number of hydrogen-bond donors (Lipinski definition) is 2. The van der Waals surface area contributed by atoms with E-state index in [4.69, 9.17) is 24.4 Å². The van der Waals surface area contributed by atoms with Crippen molar-refractivity contribution in [1.29, 1.82) is 0 Å². The van der Waals surface area contributed by atoms with E-state index in [1.165, 1.54) is 6.42 Å². The fourth-order valence-corrected chi connectivity index (χ4v) is 5.18. The van der Waals surface area contributed by atoms with E-state index in [1.807, 2.05) is 0 Å². The lowest BCUT2D eigenvalue weighted by molar-refractivity contribution is 0.241. The maximum atomic E-state index is 5.45. The van der Waals surface area contributed by atoms with Gasteiger partial charge in [0.25, 0.3) is 0 Å². The van der Waals surface area contributed by atoms with Crippen LogP contribution >= 0.6 is 48.0 Å². The third-order valence-electron chi connectivity index (χ3n) is 4.20. The van der Waals surface area contributed by atoms with Gasteiger partial charge < -0.3 is 10.6 Å². The van der Waals surface area contributed by atoms with Crippen LogP contribution in [0.3, 0.4) is 0 Å². The Morgan fingerprint density at radius 1 is 1.14 bits per heavy atom. The van der Waals surface area contributed by atoms with Crippen LogP contribution in [0.1, 0.15) is 41.0 Å². The molecule has 0 aliphatic heterocycles. The minimum atomic E-state index is 0.309. The molecule has 3 unspecified atom stereocenters. The van der Waals surface area contributed by atoms with Crippen LogP contribution in [0, 0.1) is 17.3 Å². The molecule has 0 aromatic rings. The minimum absolute atomic E-state index is 0.309. The van der Waals surface area contributed by atoms with Crippen molar-refractivity contribution in [2.24, 2.45) is 17.3 Å². The van der Waals surface area contributed by atoms with E-state index < -0.39 is 0 Å². The fourth-order valence-electron chi connectivity index (χ4n) is 3.32. The first-order valence-electron chi connectivity index (χ1n) is 7.65. The number of thiocarbonyl (C=S) groups is 2. The summed E-state index contributed by atoms with van der Waals surface area (Å²) < 4.78 is 1.85. The van der Waals surface area contributed by atoms with Crippen LogP contribution in [0.15, 0.2) is 0 Å². The smallest absolute Gasteiger partial charge is 0.133 e. The molecule has 3 atom stereocenters. The van der Waals surface area contributed by atoms with Crippen LogP contribution in [0.25, 0.3) is 0 Å². The van der Waals surface area contributed by atoms with Gasteiger partial charge >= 0.3 is 0 Å². The molecule has 0 saturated heterocycles. The summed E-state index contributed by atoms with van der Waals surface area (Å²) in [6.07, 6.45) is 1.23. The second-order valence-corrected chi connectivity index (χ2v) is 10.2. The highest BCUT2D eigenvalue weighted by Crippen LogP contribution is 2.46. The van der Waals surface area contributed by atoms with Gasteiger partial charge in [0.05, 0.1) is 0 Å². The van der Waals surface area contributed by atoms with Gasteiger partial charge in [-0.05, 0) is 29.3 Å². The van der Waals surface area contributed by atoms with Crippen molar-refractivity contribution in [2.45, 2.75) is 47.1 Å². The van der Waals surface area contributed by atoms with Crippen molar-refractivity contribution >= 4 is 56.6 Å². The van der Waals surface area contributed by atoms with Gasteiger partial charge in [-0.15, -0.1) is 0 Å². The lowest BCUT2D eigenvalue weighted by Crippen LogP contribution is -2.45. The molecule has 1 aliphatic rings. The first-order valence-corrected chi connectivity index (χ1v) is 10.4. The molecule has 0 aromatic carbocycles. The predicted molar refractivity (Wildman–Crippen MR) is 107 cm³/mol. The Balaban J connectivity index is 2.69. The molecular formula is C15H28N2S4. The highest BCUT2D eigenvalue weighted by atomic mass is 32.2. The molecule has 2 nitrogen and oxygen atoms in total. The van der Waals surface area contributed by atoms with Crippen molar-refractivity contribution < 1.29 is 0 Å². The summed E-state index contributed by atoms with van der Waals surface area (Å²) in [6.45, 7) is 12.3. The number of hydrogen-bond acceptors (Lipinski definition) is 4. The van der Waals surface area contributed by atoms with Gasteiger partial charge in [-0.3, -0.25) is 0 Å². The molecule has 0 aromatic heterocycles. The minimum Gasteiger partial charge on any atom is -0.371 e. The monoisotopic (exact) mass is 364 g/mol. The molecule has 0 spiro atoms. The Bertz CT molecular complexity index is 371. The average Bonchev–Trinajstić information content (AvgIpc) is 2.57. The van der Waals surface area contributed by atoms with E-state index in [9.17, 15) is 0 Å². The first-order chi connectivity index (χ1) is 9.81. The summed E-state index contributed by atoms with van der Waals surface area (Å²) in [5.41, 5.74) is 0.309. The predicted octanol–water partition coefficient (Wildman–Crippen LogP) is 4.29. The molecule has 6 heteroatoms. The van der Waals surface area contributed by atoms with Gasteiger partial charge in [0.2, 0.25) is 0 Å². The molecule has 1 aliphatic carbocycles. The lowest BCUT2D eigenvalue weighted by Gasteiger charge is -2.32. The van der Waals surface area contributed by atoms with E-state index in [-0.39, 0.29) is 0 Å². The third kappa shape index (κ3) is 5.88. The molecule has 21 heavy (non-hydrogen) atoms. The van der Waals surface area contributed by atoms with E-state index in [2.05, 4.69) is 45.3 Å². The second kappa shape index (κ2) is 8.94. The summed E-state index contributed by atoms with van der Waals surface area (Å²) in [5.74, 6) is 3.22. The molecule has 2 N–H and O–H groups in total. The number of thioether (sulfide) groups is 2. The van der Waals surface area contributed by atoms with Crippen molar-refractivity contribution in [2.75, 3.05) is 18.1 Å². The molecule has 0 bridgehead atoms. The van der Waals surface area contributed by atoms with E-state index >= 15 is 0 Å². The van der Waals surface area contributed by atoms with Crippen LogP contribution in [0.2, 0.25) is 0 Å². The van der Waals surface area contributed by atoms with Crippen molar-refractivity contribution in [3.05, 3.63) is 0 Å². The van der Waals surface area contributed by atoms with Crippen molar-refractivity contribution in [1.82, 2.24) is 10.6 Å².